The summed E-state index contributed by atoms with van der Waals surface area (Å²) in [6.07, 6.45) is -1.29. The molecule has 12 heteroatoms. The van der Waals surface area contributed by atoms with Gasteiger partial charge in [-0.2, -0.15) is 13.2 Å². The maximum atomic E-state index is 13.0. The van der Waals surface area contributed by atoms with Crippen LogP contribution in [0.25, 0.3) is 12.2 Å². The molecule has 0 radical (unpaired) electrons. The number of ether oxygens (including phenoxy) is 5. The number of anilines is 1. The zero-order valence-electron chi connectivity index (χ0n) is 21.2. The lowest BCUT2D eigenvalue weighted by Gasteiger charge is -2.16. The summed E-state index contributed by atoms with van der Waals surface area (Å²) in [5, 5.41) is 0. The molecule has 0 aliphatic rings. The second-order valence-corrected chi connectivity index (χ2v) is 9.40. The zero-order chi connectivity index (χ0) is 28.1. The molecule has 0 spiro atoms. The minimum Gasteiger partial charge on any atom is -0.493 e. The molecule has 0 amide bonds. The highest BCUT2D eigenvalue weighted by Gasteiger charge is 2.30. The lowest BCUT2D eigenvalue weighted by molar-refractivity contribution is -0.137. The Morgan fingerprint density at radius 3 is 1.71 bits per heavy atom. The van der Waals surface area contributed by atoms with Crippen molar-refractivity contribution >= 4 is 27.9 Å². The van der Waals surface area contributed by atoms with E-state index in [2.05, 4.69) is 4.72 Å². The molecule has 0 bridgehead atoms. The third kappa shape index (κ3) is 6.25. The van der Waals surface area contributed by atoms with E-state index in [1.165, 1.54) is 41.6 Å². The van der Waals surface area contributed by atoms with Crippen molar-refractivity contribution in [2.24, 2.45) is 0 Å². The van der Waals surface area contributed by atoms with E-state index in [9.17, 15) is 21.6 Å². The van der Waals surface area contributed by atoms with Crippen molar-refractivity contribution in [3.8, 4) is 28.7 Å². The lowest BCUT2D eigenvalue weighted by Crippen LogP contribution is -2.14. The van der Waals surface area contributed by atoms with Crippen LogP contribution in [0.3, 0.4) is 0 Å². The molecule has 0 heterocycles. The van der Waals surface area contributed by atoms with Gasteiger partial charge in [0, 0.05) is 11.6 Å². The zero-order valence-corrected chi connectivity index (χ0v) is 22.0. The van der Waals surface area contributed by atoms with Crippen molar-refractivity contribution in [2.75, 3.05) is 40.3 Å². The fraction of sp³-hybridized carbons (Fsp3) is 0.231. The summed E-state index contributed by atoms with van der Waals surface area (Å²) >= 11 is 0. The smallest absolute Gasteiger partial charge is 0.416 e. The molecule has 8 nitrogen and oxygen atoms in total. The number of rotatable bonds is 10. The maximum Gasteiger partial charge on any atom is 0.416 e. The molecule has 0 unspecified atom stereocenters. The van der Waals surface area contributed by atoms with Crippen molar-refractivity contribution < 1.29 is 45.3 Å². The van der Waals surface area contributed by atoms with E-state index in [-0.39, 0.29) is 16.3 Å². The quantitative estimate of drug-likeness (QED) is 0.321. The van der Waals surface area contributed by atoms with Gasteiger partial charge in [0.05, 0.1) is 51.7 Å². The highest BCUT2D eigenvalue weighted by Crippen LogP contribution is 2.40. The average Bonchev–Trinajstić information content (AvgIpc) is 2.90. The van der Waals surface area contributed by atoms with Crippen LogP contribution in [0.1, 0.15) is 16.7 Å². The Morgan fingerprint density at radius 1 is 0.711 bits per heavy atom. The highest BCUT2D eigenvalue weighted by molar-refractivity contribution is 7.92. The fourth-order valence-electron chi connectivity index (χ4n) is 3.53. The Balaban J connectivity index is 2.06. The second kappa shape index (κ2) is 11.5. The summed E-state index contributed by atoms with van der Waals surface area (Å²) in [4.78, 5) is -0.347. The fourth-order valence-corrected chi connectivity index (χ4v) is 4.61. The highest BCUT2D eigenvalue weighted by atomic mass is 32.2. The van der Waals surface area contributed by atoms with Crippen molar-refractivity contribution in [3.05, 3.63) is 65.2 Å². The average molecular weight is 554 g/mol. The summed E-state index contributed by atoms with van der Waals surface area (Å²) in [5.41, 5.74) is 0.167. The van der Waals surface area contributed by atoms with Gasteiger partial charge in [0.1, 0.15) is 0 Å². The van der Waals surface area contributed by atoms with Gasteiger partial charge in [-0.05, 0) is 48.0 Å². The van der Waals surface area contributed by atoms with Gasteiger partial charge in [-0.25, -0.2) is 8.42 Å². The number of sulfonamides is 1. The first-order valence-corrected chi connectivity index (χ1v) is 12.4. The third-order valence-electron chi connectivity index (χ3n) is 5.43. The molecular formula is C26H26F3NO7S. The Morgan fingerprint density at radius 2 is 1.24 bits per heavy atom. The van der Waals surface area contributed by atoms with Gasteiger partial charge in [-0.15, -0.1) is 0 Å². The van der Waals surface area contributed by atoms with Gasteiger partial charge >= 0.3 is 6.18 Å². The number of alkyl halides is 3. The molecule has 3 aromatic carbocycles. The van der Waals surface area contributed by atoms with Gasteiger partial charge in [-0.1, -0.05) is 12.2 Å². The van der Waals surface area contributed by atoms with E-state index in [0.717, 1.165) is 12.1 Å². The molecule has 3 rings (SSSR count). The number of nitrogens with one attached hydrogen (secondary N) is 1. The Hall–Kier alpha value is -4.06. The molecule has 0 aliphatic heterocycles. The number of methoxy groups -OCH3 is 5. The Kier molecular flexibility index (Phi) is 8.67. The second-order valence-electron chi connectivity index (χ2n) is 7.71. The van der Waals surface area contributed by atoms with Gasteiger partial charge in [0.15, 0.2) is 23.0 Å². The minimum atomic E-state index is -4.59. The predicted octanol–water partition coefficient (Wildman–Crippen LogP) is 5.72. The summed E-state index contributed by atoms with van der Waals surface area (Å²) in [5.74, 6) is 1.81. The minimum absolute atomic E-state index is 0.103. The molecular weight excluding hydrogens is 527 g/mol. The molecule has 0 fully saturated rings. The van der Waals surface area contributed by atoms with E-state index in [0.29, 0.717) is 46.3 Å². The SMILES string of the molecule is COc1cc(/C=C\c2cc(OC)c(OC)c(OC)c2)c(NS(=O)(=O)c2ccc(C(F)(F)F)cc2)cc1OC. The van der Waals surface area contributed by atoms with Gasteiger partial charge in [0.25, 0.3) is 10.0 Å². The molecule has 1 N–H and O–H groups in total. The van der Waals surface area contributed by atoms with E-state index >= 15 is 0 Å². The molecule has 204 valence electrons. The van der Waals surface area contributed by atoms with Crippen LogP contribution in [0.15, 0.2) is 53.4 Å². The van der Waals surface area contributed by atoms with Crippen LogP contribution >= 0.6 is 0 Å². The molecule has 0 aromatic heterocycles. The monoisotopic (exact) mass is 553 g/mol. The van der Waals surface area contributed by atoms with Crippen LogP contribution in [0.2, 0.25) is 0 Å². The number of halogens is 3. The normalized spacial score (nSPS) is 11.8. The maximum absolute atomic E-state index is 13.0. The lowest BCUT2D eigenvalue weighted by atomic mass is 10.1. The van der Waals surface area contributed by atoms with Crippen LogP contribution in [-0.4, -0.2) is 44.0 Å². The van der Waals surface area contributed by atoms with Crippen LogP contribution in [0.5, 0.6) is 28.7 Å². The molecule has 0 atom stereocenters. The topological polar surface area (TPSA) is 92.3 Å². The summed E-state index contributed by atoms with van der Waals surface area (Å²) in [6.45, 7) is 0. The largest absolute Gasteiger partial charge is 0.493 e. The predicted molar refractivity (Wildman–Crippen MR) is 137 cm³/mol. The number of benzene rings is 3. The van der Waals surface area contributed by atoms with Crippen LogP contribution in [-0.2, 0) is 16.2 Å². The number of hydrogen-bond donors (Lipinski definition) is 1. The third-order valence-corrected chi connectivity index (χ3v) is 6.82. The van der Waals surface area contributed by atoms with Crippen molar-refractivity contribution in [1.29, 1.82) is 0 Å². The molecule has 0 aliphatic carbocycles. The van der Waals surface area contributed by atoms with Crippen molar-refractivity contribution in [1.82, 2.24) is 0 Å². The number of hydrogen-bond acceptors (Lipinski definition) is 7. The molecule has 0 saturated carbocycles. The summed E-state index contributed by atoms with van der Waals surface area (Å²) < 4.78 is 94.0. The standard InChI is InChI=1S/C26H26F3NO7S/c1-33-21-14-17(7-6-16-12-23(35-3)25(37-5)24(13-16)36-4)20(15-22(21)34-2)30-38(31,32)19-10-8-18(9-11-19)26(27,28)29/h6-15,30H,1-5H3/b7-6-. The van der Waals surface area contributed by atoms with Crippen LogP contribution in [0.4, 0.5) is 18.9 Å². The van der Waals surface area contributed by atoms with Crippen molar-refractivity contribution in [3.63, 3.8) is 0 Å². The van der Waals surface area contributed by atoms with Gasteiger partial charge in [-0.3, -0.25) is 4.72 Å². The molecule has 38 heavy (non-hydrogen) atoms. The Bertz CT molecular complexity index is 1390. The van der Waals surface area contributed by atoms with Crippen LogP contribution < -0.4 is 28.4 Å². The molecule has 3 aromatic rings. The Labute approximate surface area is 218 Å². The summed E-state index contributed by atoms with van der Waals surface area (Å²) in [6, 6.07) is 9.54. The first kappa shape index (κ1) is 28.5. The first-order chi connectivity index (χ1) is 18.0. The van der Waals surface area contributed by atoms with E-state index in [1.807, 2.05) is 0 Å². The van der Waals surface area contributed by atoms with Gasteiger partial charge in [0.2, 0.25) is 5.75 Å². The summed E-state index contributed by atoms with van der Waals surface area (Å²) in [7, 11) is 2.99. The van der Waals surface area contributed by atoms with Crippen molar-refractivity contribution in [2.45, 2.75) is 11.1 Å². The van der Waals surface area contributed by atoms with Crippen LogP contribution in [0, 0.1) is 0 Å². The van der Waals surface area contributed by atoms with E-state index in [4.69, 9.17) is 23.7 Å². The van der Waals surface area contributed by atoms with E-state index in [1.54, 1.807) is 30.4 Å². The first-order valence-electron chi connectivity index (χ1n) is 10.9. The van der Waals surface area contributed by atoms with Gasteiger partial charge < -0.3 is 23.7 Å². The van der Waals surface area contributed by atoms with E-state index < -0.39 is 21.8 Å². The molecule has 0 saturated heterocycles.